The Labute approximate surface area is 133 Å². The standard InChI is InChI=1S/C18H17IO/c1-18(12-19)13-20-17-10-9-15(11-16(17)18)8-7-14-5-3-2-4-6-14/h2-11H,12-13H2,1H3/b8-7+. The maximum absolute atomic E-state index is 5.79. The number of hydrogen-bond acceptors (Lipinski definition) is 1. The Morgan fingerprint density at radius 3 is 2.60 bits per heavy atom. The SMILES string of the molecule is CC1(CI)COc2ccc(/C=C/c3ccccc3)cc21. The van der Waals surface area contributed by atoms with Gasteiger partial charge in [-0.15, -0.1) is 0 Å². The zero-order chi connectivity index (χ0) is 14.0. The van der Waals surface area contributed by atoms with Gasteiger partial charge >= 0.3 is 0 Å². The van der Waals surface area contributed by atoms with Gasteiger partial charge in [0.15, 0.2) is 0 Å². The quantitative estimate of drug-likeness (QED) is 0.419. The lowest BCUT2D eigenvalue weighted by Crippen LogP contribution is -2.25. The van der Waals surface area contributed by atoms with Gasteiger partial charge < -0.3 is 4.74 Å². The van der Waals surface area contributed by atoms with Crippen LogP contribution in [-0.2, 0) is 5.41 Å². The second-order valence-corrected chi connectivity index (χ2v) is 6.25. The molecule has 20 heavy (non-hydrogen) atoms. The summed E-state index contributed by atoms with van der Waals surface area (Å²) >= 11 is 2.45. The van der Waals surface area contributed by atoms with Crippen LogP contribution in [0, 0.1) is 0 Å². The highest BCUT2D eigenvalue weighted by Gasteiger charge is 2.35. The molecule has 102 valence electrons. The van der Waals surface area contributed by atoms with E-state index in [1.54, 1.807) is 0 Å². The topological polar surface area (TPSA) is 9.23 Å². The van der Waals surface area contributed by atoms with E-state index in [2.05, 4.69) is 84.1 Å². The Morgan fingerprint density at radius 1 is 1.10 bits per heavy atom. The van der Waals surface area contributed by atoms with Crippen LogP contribution in [0.25, 0.3) is 12.2 Å². The van der Waals surface area contributed by atoms with Crippen LogP contribution < -0.4 is 4.74 Å². The summed E-state index contributed by atoms with van der Waals surface area (Å²) in [5.74, 6) is 1.04. The lowest BCUT2D eigenvalue weighted by molar-refractivity contribution is 0.295. The minimum Gasteiger partial charge on any atom is -0.492 e. The van der Waals surface area contributed by atoms with Gasteiger partial charge in [0, 0.05) is 15.4 Å². The molecule has 1 nitrogen and oxygen atoms in total. The summed E-state index contributed by atoms with van der Waals surface area (Å²) in [6.45, 7) is 3.06. The molecular weight excluding hydrogens is 359 g/mol. The Balaban J connectivity index is 1.90. The molecule has 1 aliphatic heterocycles. The Kier molecular flexibility index (Phi) is 3.83. The van der Waals surface area contributed by atoms with Gasteiger partial charge in [0.1, 0.15) is 5.75 Å². The van der Waals surface area contributed by atoms with Crippen molar-refractivity contribution >= 4 is 34.7 Å². The first-order valence-corrected chi connectivity index (χ1v) is 8.30. The lowest BCUT2D eigenvalue weighted by Gasteiger charge is -2.19. The van der Waals surface area contributed by atoms with Crippen molar-refractivity contribution in [2.24, 2.45) is 0 Å². The minimum atomic E-state index is 0.145. The Morgan fingerprint density at radius 2 is 1.85 bits per heavy atom. The molecule has 0 saturated heterocycles. The molecule has 0 aromatic heterocycles. The summed E-state index contributed by atoms with van der Waals surface area (Å²) in [5, 5.41) is 0. The number of hydrogen-bond donors (Lipinski definition) is 0. The fourth-order valence-electron chi connectivity index (χ4n) is 2.43. The van der Waals surface area contributed by atoms with Crippen molar-refractivity contribution in [2.45, 2.75) is 12.3 Å². The lowest BCUT2D eigenvalue weighted by atomic mass is 9.86. The molecule has 0 N–H and O–H groups in total. The molecule has 1 aliphatic rings. The molecule has 0 amide bonds. The zero-order valence-electron chi connectivity index (χ0n) is 11.5. The van der Waals surface area contributed by atoms with E-state index < -0.39 is 0 Å². The molecule has 0 spiro atoms. The molecule has 0 bridgehead atoms. The van der Waals surface area contributed by atoms with Crippen LogP contribution in [-0.4, -0.2) is 11.0 Å². The molecular formula is C18H17IO. The van der Waals surface area contributed by atoms with Gasteiger partial charge in [-0.3, -0.25) is 0 Å². The average Bonchev–Trinajstić information content (AvgIpc) is 2.84. The largest absolute Gasteiger partial charge is 0.492 e. The average molecular weight is 376 g/mol. The number of halogens is 1. The second kappa shape index (κ2) is 5.60. The van der Waals surface area contributed by atoms with E-state index in [0.29, 0.717) is 0 Å². The van der Waals surface area contributed by atoms with Gasteiger partial charge in [-0.1, -0.05) is 78.1 Å². The van der Waals surface area contributed by atoms with E-state index in [1.807, 2.05) is 6.07 Å². The van der Waals surface area contributed by atoms with Crippen LogP contribution in [0.1, 0.15) is 23.6 Å². The van der Waals surface area contributed by atoms with Crippen molar-refractivity contribution in [2.75, 3.05) is 11.0 Å². The first-order chi connectivity index (χ1) is 9.71. The van der Waals surface area contributed by atoms with Crippen LogP contribution in [0.3, 0.4) is 0 Å². The smallest absolute Gasteiger partial charge is 0.123 e. The van der Waals surface area contributed by atoms with Crippen LogP contribution in [0.2, 0.25) is 0 Å². The maximum atomic E-state index is 5.79. The number of alkyl halides is 1. The second-order valence-electron chi connectivity index (χ2n) is 5.48. The van der Waals surface area contributed by atoms with E-state index in [9.17, 15) is 0 Å². The van der Waals surface area contributed by atoms with Crippen molar-refractivity contribution in [3.63, 3.8) is 0 Å². The van der Waals surface area contributed by atoms with E-state index in [4.69, 9.17) is 4.74 Å². The molecule has 2 aromatic rings. The van der Waals surface area contributed by atoms with E-state index in [-0.39, 0.29) is 5.41 Å². The first kappa shape index (κ1) is 13.7. The highest BCUT2D eigenvalue weighted by atomic mass is 127. The normalized spacial score (nSPS) is 20.9. The minimum absolute atomic E-state index is 0.145. The summed E-state index contributed by atoms with van der Waals surface area (Å²) in [7, 11) is 0. The highest BCUT2D eigenvalue weighted by Crippen LogP contribution is 2.40. The summed E-state index contributed by atoms with van der Waals surface area (Å²) < 4.78 is 6.87. The fourth-order valence-corrected chi connectivity index (χ4v) is 3.06. The van der Waals surface area contributed by atoms with Gasteiger partial charge in [0.2, 0.25) is 0 Å². The fraction of sp³-hybridized carbons (Fsp3) is 0.222. The molecule has 3 rings (SSSR count). The van der Waals surface area contributed by atoms with Crippen LogP contribution >= 0.6 is 22.6 Å². The molecule has 1 heterocycles. The summed E-state index contributed by atoms with van der Waals surface area (Å²) in [5.41, 5.74) is 3.93. The predicted molar refractivity (Wildman–Crippen MR) is 93.5 cm³/mol. The molecule has 0 radical (unpaired) electrons. The Hall–Kier alpha value is -1.29. The molecule has 0 aliphatic carbocycles. The third kappa shape index (κ3) is 2.62. The number of fused-ring (bicyclic) bond motifs is 1. The molecule has 0 fully saturated rings. The van der Waals surface area contributed by atoms with Crippen molar-refractivity contribution < 1.29 is 4.74 Å². The van der Waals surface area contributed by atoms with Gasteiger partial charge in [-0.25, -0.2) is 0 Å². The van der Waals surface area contributed by atoms with Crippen LogP contribution in [0.5, 0.6) is 5.75 Å². The van der Waals surface area contributed by atoms with Gasteiger partial charge in [0.05, 0.1) is 6.61 Å². The van der Waals surface area contributed by atoms with Crippen LogP contribution in [0.4, 0.5) is 0 Å². The Bertz CT molecular complexity index is 633. The van der Waals surface area contributed by atoms with Crippen molar-refractivity contribution in [1.82, 2.24) is 0 Å². The van der Waals surface area contributed by atoms with E-state index >= 15 is 0 Å². The summed E-state index contributed by atoms with van der Waals surface area (Å²) in [6.07, 6.45) is 4.32. The van der Waals surface area contributed by atoms with E-state index in [0.717, 1.165) is 16.8 Å². The molecule has 1 unspecified atom stereocenters. The summed E-state index contributed by atoms with van der Waals surface area (Å²) in [4.78, 5) is 0. The third-order valence-electron chi connectivity index (χ3n) is 3.76. The summed E-state index contributed by atoms with van der Waals surface area (Å²) in [6, 6.07) is 16.9. The number of rotatable bonds is 3. The molecule has 2 heteroatoms. The van der Waals surface area contributed by atoms with Gasteiger partial charge in [-0.2, -0.15) is 0 Å². The van der Waals surface area contributed by atoms with Crippen molar-refractivity contribution in [3.05, 3.63) is 65.2 Å². The monoisotopic (exact) mass is 376 g/mol. The number of benzene rings is 2. The van der Waals surface area contributed by atoms with Gasteiger partial charge in [-0.05, 0) is 23.3 Å². The van der Waals surface area contributed by atoms with Crippen molar-refractivity contribution in [1.29, 1.82) is 0 Å². The van der Waals surface area contributed by atoms with Gasteiger partial charge in [0.25, 0.3) is 0 Å². The molecule has 0 saturated carbocycles. The van der Waals surface area contributed by atoms with Crippen molar-refractivity contribution in [3.8, 4) is 5.75 Å². The predicted octanol–water partition coefficient (Wildman–Crippen LogP) is 4.94. The van der Waals surface area contributed by atoms with Crippen LogP contribution in [0.15, 0.2) is 48.5 Å². The maximum Gasteiger partial charge on any atom is 0.123 e. The molecule has 1 atom stereocenters. The number of ether oxygens (including phenoxy) is 1. The zero-order valence-corrected chi connectivity index (χ0v) is 13.6. The third-order valence-corrected chi connectivity index (χ3v) is 5.45. The molecule has 2 aromatic carbocycles. The first-order valence-electron chi connectivity index (χ1n) is 6.78. The van der Waals surface area contributed by atoms with E-state index in [1.165, 1.54) is 16.7 Å². The highest BCUT2D eigenvalue weighted by molar-refractivity contribution is 14.1.